The van der Waals surface area contributed by atoms with Crippen molar-refractivity contribution in [1.29, 1.82) is 0 Å². The summed E-state index contributed by atoms with van der Waals surface area (Å²) >= 11 is 0. The fourth-order valence-corrected chi connectivity index (χ4v) is 3.81. The zero-order chi connectivity index (χ0) is 18.0. The molecule has 0 saturated carbocycles. The molecule has 5 aromatic carbocycles. The predicted molar refractivity (Wildman–Crippen MR) is 104 cm³/mol. The van der Waals surface area contributed by atoms with Crippen LogP contribution in [0.25, 0.3) is 43.1 Å². The van der Waals surface area contributed by atoms with Crippen LogP contribution < -0.4 is 21.7 Å². The van der Waals surface area contributed by atoms with Crippen LogP contribution >= 0.6 is 0 Å². The molecule has 0 bridgehead atoms. The Morgan fingerprint density at radius 2 is 0.692 bits per heavy atom. The minimum Gasteiger partial charge on any atom is -0.289 e. The van der Waals surface area contributed by atoms with Gasteiger partial charge in [-0.15, -0.1) is 0 Å². The van der Waals surface area contributed by atoms with Gasteiger partial charge in [0.25, 0.3) is 0 Å². The van der Waals surface area contributed by atoms with Gasteiger partial charge in [0.1, 0.15) is 0 Å². The minimum absolute atomic E-state index is 0.245. The van der Waals surface area contributed by atoms with Crippen molar-refractivity contribution in [2.24, 2.45) is 0 Å². The summed E-state index contributed by atoms with van der Waals surface area (Å²) in [4.78, 5) is 49.7. The lowest BCUT2D eigenvalue weighted by Gasteiger charge is -2.09. The van der Waals surface area contributed by atoms with Crippen molar-refractivity contribution in [2.75, 3.05) is 0 Å². The van der Waals surface area contributed by atoms with E-state index >= 15 is 0 Å². The molecule has 4 nitrogen and oxygen atoms in total. The zero-order valence-corrected chi connectivity index (χ0v) is 13.4. The second kappa shape index (κ2) is 4.92. The Kier molecular flexibility index (Phi) is 2.78. The van der Waals surface area contributed by atoms with E-state index in [1.165, 1.54) is 24.3 Å². The van der Waals surface area contributed by atoms with Crippen molar-refractivity contribution >= 4 is 43.1 Å². The Balaban J connectivity index is 2.31. The first-order valence-electron chi connectivity index (χ1n) is 8.12. The minimum atomic E-state index is -0.277. The highest BCUT2D eigenvalue weighted by Gasteiger charge is 2.14. The van der Waals surface area contributed by atoms with Gasteiger partial charge < -0.3 is 0 Å². The van der Waals surface area contributed by atoms with Crippen LogP contribution in [-0.4, -0.2) is 0 Å². The van der Waals surface area contributed by atoms with Gasteiger partial charge in [-0.2, -0.15) is 0 Å². The van der Waals surface area contributed by atoms with Crippen LogP contribution in [0, 0.1) is 0 Å². The van der Waals surface area contributed by atoms with Gasteiger partial charge in [0.05, 0.1) is 0 Å². The average molecular weight is 338 g/mol. The largest absolute Gasteiger partial charge is 0.289 e. The van der Waals surface area contributed by atoms with Crippen LogP contribution in [0.1, 0.15) is 0 Å². The van der Waals surface area contributed by atoms with Crippen molar-refractivity contribution in [3.8, 4) is 0 Å². The summed E-state index contributed by atoms with van der Waals surface area (Å²) < 4.78 is 0. The van der Waals surface area contributed by atoms with E-state index in [0.717, 1.165) is 10.8 Å². The summed E-state index contributed by atoms with van der Waals surface area (Å²) in [6.45, 7) is 0. The quantitative estimate of drug-likeness (QED) is 0.407. The van der Waals surface area contributed by atoms with Crippen molar-refractivity contribution in [3.63, 3.8) is 0 Å². The van der Waals surface area contributed by atoms with Crippen LogP contribution in [-0.2, 0) is 0 Å². The van der Waals surface area contributed by atoms with Gasteiger partial charge in [0, 0.05) is 32.3 Å². The van der Waals surface area contributed by atoms with Crippen molar-refractivity contribution in [1.82, 2.24) is 0 Å². The van der Waals surface area contributed by atoms with Crippen LogP contribution in [0.15, 0.2) is 79.8 Å². The first-order chi connectivity index (χ1) is 12.6. The molecule has 0 radical (unpaired) electrons. The van der Waals surface area contributed by atoms with Gasteiger partial charge in [0.15, 0.2) is 21.7 Å². The number of hydrogen-bond acceptors (Lipinski definition) is 4. The summed E-state index contributed by atoms with van der Waals surface area (Å²) in [6, 6.07) is 15.5. The maximum atomic E-state index is 12.6. The summed E-state index contributed by atoms with van der Waals surface area (Å²) in [5.74, 6) is 0. The third kappa shape index (κ3) is 1.78. The number of rotatable bonds is 0. The molecule has 122 valence electrons. The lowest BCUT2D eigenvalue weighted by molar-refractivity contribution is 1.61. The molecule has 5 rings (SSSR count). The first-order valence-corrected chi connectivity index (χ1v) is 8.12. The Bertz CT molecular complexity index is 1480. The zero-order valence-electron chi connectivity index (χ0n) is 13.4. The molecule has 0 unspecified atom stereocenters. The molecule has 0 fully saturated rings. The first kappa shape index (κ1) is 14.7. The standard InChI is InChI=1S/C22H10O4/c23-15-7-9-17(25)21-13(15)5-3-11-1-2-12-4-6-14-16(24)8-10-18(26)22(14)20(12)19(11)21/h1-10H. The lowest BCUT2D eigenvalue weighted by atomic mass is 9.92. The van der Waals surface area contributed by atoms with E-state index < -0.39 is 0 Å². The molecule has 5 aromatic rings. The fraction of sp³-hybridized carbons (Fsp3) is 0. The van der Waals surface area contributed by atoms with Crippen molar-refractivity contribution < 1.29 is 0 Å². The van der Waals surface area contributed by atoms with Gasteiger partial charge in [-0.3, -0.25) is 19.2 Å². The lowest BCUT2D eigenvalue weighted by Crippen LogP contribution is -2.11. The Morgan fingerprint density at radius 1 is 0.346 bits per heavy atom. The van der Waals surface area contributed by atoms with Gasteiger partial charge in [-0.1, -0.05) is 24.3 Å². The summed E-state index contributed by atoms with van der Waals surface area (Å²) in [7, 11) is 0. The van der Waals surface area contributed by atoms with Crippen LogP contribution in [0.4, 0.5) is 0 Å². The smallest absolute Gasteiger partial charge is 0.187 e. The molecule has 0 aliphatic rings. The van der Waals surface area contributed by atoms with E-state index in [0.29, 0.717) is 32.3 Å². The SMILES string of the molecule is O=c1ccc(=O)c2c1ccc1ccc3ccc4c(=O)ccc(=O)c4c3c12. The highest BCUT2D eigenvalue weighted by molar-refractivity contribution is 6.27. The fourth-order valence-electron chi connectivity index (χ4n) is 3.81. The number of fused-ring (bicyclic) bond motifs is 7. The van der Waals surface area contributed by atoms with Crippen molar-refractivity contribution in [2.45, 2.75) is 0 Å². The molecule has 0 aromatic heterocycles. The van der Waals surface area contributed by atoms with Crippen molar-refractivity contribution in [3.05, 3.63) is 102 Å². The molecule has 0 amide bonds. The predicted octanol–water partition coefficient (Wildman–Crippen LogP) is 2.62. The highest BCUT2D eigenvalue weighted by atomic mass is 16.1. The van der Waals surface area contributed by atoms with Gasteiger partial charge in [-0.25, -0.2) is 0 Å². The monoisotopic (exact) mass is 338 g/mol. The van der Waals surface area contributed by atoms with Crippen LogP contribution in [0.5, 0.6) is 0 Å². The third-order valence-corrected chi connectivity index (χ3v) is 4.96. The summed E-state index contributed by atoms with van der Waals surface area (Å²) in [6.07, 6.45) is 0. The summed E-state index contributed by atoms with van der Waals surface area (Å²) in [5.41, 5.74) is -1.04. The molecule has 26 heavy (non-hydrogen) atoms. The maximum absolute atomic E-state index is 12.6. The molecule has 0 N–H and O–H groups in total. The Labute approximate surface area is 145 Å². The normalized spacial score (nSPS) is 11.7. The van der Waals surface area contributed by atoms with Gasteiger partial charge >= 0.3 is 0 Å². The van der Waals surface area contributed by atoms with E-state index in [9.17, 15) is 19.2 Å². The molecular weight excluding hydrogens is 328 g/mol. The third-order valence-electron chi connectivity index (χ3n) is 4.96. The average Bonchev–Trinajstić information content (AvgIpc) is 2.66. The Hall–Kier alpha value is -3.66. The molecular formula is C22H10O4. The van der Waals surface area contributed by atoms with E-state index in [1.807, 2.05) is 12.1 Å². The molecule has 0 aliphatic carbocycles. The van der Waals surface area contributed by atoms with Gasteiger partial charge in [-0.05, 0) is 47.2 Å². The molecule has 0 saturated heterocycles. The Morgan fingerprint density at radius 3 is 1.12 bits per heavy atom. The second-order valence-electron chi connectivity index (χ2n) is 6.36. The molecule has 0 heterocycles. The summed E-state index contributed by atoms with van der Waals surface area (Å²) in [5, 5.41) is 3.83. The van der Waals surface area contributed by atoms with E-state index in [-0.39, 0.29) is 21.7 Å². The molecule has 0 aliphatic heterocycles. The van der Waals surface area contributed by atoms with Crippen LogP contribution in [0.2, 0.25) is 0 Å². The van der Waals surface area contributed by atoms with E-state index in [1.54, 1.807) is 24.3 Å². The van der Waals surface area contributed by atoms with Crippen LogP contribution in [0.3, 0.4) is 0 Å². The number of benzene rings is 5. The highest BCUT2D eigenvalue weighted by Crippen LogP contribution is 2.32. The van der Waals surface area contributed by atoms with Gasteiger partial charge in [0.2, 0.25) is 0 Å². The molecule has 4 heteroatoms. The van der Waals surface area contributed by atoms with E-state index in [4.69, 9.17) is 0 Å². The maximum Gasteiger partial charge on any atom is 0.187 e. The molecule has 0 atom stereocenters. The topological polar surface area (TPSA) is 68.3 Å². The van der Waals surface area contributed by atoms with E-state index in [2.05, 4.69) is 0 Å². The molecule has 0 spiro atoms. The second-order valence-corrected chi connectivity index (χ2v) is 6.36. The number of hydrogen-bond donors (Lipinski definition) is 0.